The Morgan fingerprint density at radius 1 is 1.14 bits per heavy atom. The highest BCUT2D eigenvalue weighted by Gasteiger charge is 2.31. The summed E-state index contributed by atoms with van der Waals surface area (Å²) in [6, 6.07) is 12.0. The van der Waals surface area contributed by atoms with Gasteiger partial charge in [-0.15, -0.1) is 5.10 Å². The number of benzene rings is 1. The maximum Gasteiger partial charge on any atom is 0.252 e. The number of hydrogen-bond donors (Lipinski definition) is 1. The van der Waals surface area contributed by atoms with Crippen LogP contribution >= 0.6 is 0 Å². The molecule has 0 bridgehead atoms. The Labute approximate surface area is 206 Å². The molecule has 4 aromatic rings. The predicted molar refractivity (Wildman–Crippen MR) is 138 cm³/mol. The molecule has 35 heavy (non-hydrogen) atoms. The summed E-state index contributed by atoms with van der Waals surface area (Å²) in [5.74, 6) is 0.829. The highest BCUT2D eigenvalue weighted by Crippen LogP contribution is 2.31. The average molecular weight is 474 g/mol. The average Bonchev–Trinajstić information content (AvgIpc) is 3.34. The normalized spacial score (nSPS) is 13.0. The number of rotatable bonds is 10. The van der Waals surface area contributed by atoms with Gasteiger partial charge in [0.15, 0.2) is 5.82 Å². The van der Waals surface area contributed by atoms with Crippen molar-refractivity contribution >= 4 is 10.9 Å². The molecule has 1 unspecified atom stereocenters. The zero-order valence-corrected chi connectivity index (χ0v) is 21.3. The third kappa shape index (κ3) is 5.32. The van der Waals surface area contributed by atoms with E-state index in [2.05, 4.69) is 64.2 Å². The van der Waals surface area contributed by atoms with E-state index in [-0.39, 0.29) is 17.1 Å². The molecular formula is C27H35N7O. The van der Waals surface area contributed by atoms with Crippen LogP contribution in [-0.4, -0.2) is 35.1 Å². The number of nitrogens with one attached hydrogen (secondary N) is 1. The highest BCUT2D eigenvalue weighted by atomic mass is 16.1. The molecule has 1 aromatic carbocycles. The molecule has 1 atom stereocenters. The van der Waals surface area contributed by atoms with Crippen LogP contribution in [0.25, 0.3) is 10.9 Å². The fourth-order valence-corrected chi connectivity index (χ4v) is 4.50. The molecule has 0 amide bonds. The number of nitrogens with zero attached hydrogens (tertiary/aromatic N) is 6. The van der Waals surface area contributed by atoms with Crippen molar-refractivity contribution in [1.29, 1.82) is 0 Å². The number of aromatic nitrogens is 6. The van der Waals surface area contributed by atoms with E-state index in [9.17, 15) is 4.79 Å². The highest BCUT2D eigenvalue weighted by molar-refractivity contribution is 5.81. The Morgan fingerprint density at radius 2 is 1.97 bits per heavy atom. The number of aryl methyl sites for hydroxylation is 1. The van der Waals surface area contributed by atoms with Crippen LogP contribution < -0.4 is 5.56 Å². The molecule has 0 spiro atoms. The standard InChI is InChI=1S/C27H35N7O/c1-6-10-23(25-30-31-32-34(25)27(4,5)7-2)33(17-20-12-9-14-28-16-20)18-22-15-21-13-8-11-19(3)24(21)29-26(22)35/h8-9,11-16,23H,6-7,10,17-18H2,1-5H3,(H,29,35). The number of fused-ring (bicyclic) bond motifs is 1. The van der Waals surface area contributed by atoms with E-state index in [0.717, 1.165) is 52.7 Å². The fourth-order valence-electron chi connectivity index (χ4n) is 4.50. The molecule has 0 aliphatic heterocycles. The van der Waals surface area contributed by atoms with Gasteiger partial charge in [0.05, 0.1) is 17.1 Å². The summed E-state index contributed by atoms with van der Waals surface area (Å²) >= 11 is 0. The first-order valence-electron chi connectivity index (χ1n) is 12.4. The molecular weight excluding hydrogens is 438 g/mol. The Balaban J connectivity index is 1.79. The minimum atomic E-state index is -0.219. The second-order valence-electron chi connectivity index (χ2n) is 9.85. The number of aromatic amines is 1. The van der Waals surface area contributed by atoms with Crippen molar-refractivity contribution in [3.05, 3.63) is 81.7 Å². The molecule has 8 nitrogen and oxygen atoms in total. The molecule has 0 fully saturated rings. The second kappa shape index (κ2) is 10.5. The van der Waals surface area contributed by atoms with E-state index in [1.165, 1.54) is 0 Å². The van der Waals surface area contributed by atoms with Crippen molar-refractivity contribution in [2.75, 3.05) is 0 Å². The van der Waals surface area contributed by atoms with Crippen molar-refractivity contribution in [2.45, 2.75) is 78.6 Å². The van der Waals surface area contributed by atoms with E-state index < -0.39 is 0 Å². The lowest BCUT2D eigenvalue weighted by atomic mass is 10.0. The molecule has 4 rings (SSSR count). The van der Waals surface area contributed by atoms with Gasteiger partial charge in [-0.3, -0.25) is 14.7 Å². The third-order valence-corrected chi connectivity index (χ3v) is 6.88. The van der Waals surface area contributed by atoms with Crippen molar-refractivity contribution in [1.82, 2.24) is 35.1 Å². The van der Waals surface area contributed by atoms with Crippen LogP contribution in [0.15, 0.2) is 53.6 Å². The minimum absolute atomic E-state index is 0.0614. The Hall–Kier alpha value is -3.39. The lowest BCUT2D eigenvalue weighted by Crippen LogP contribution is -2.36. The number of hydrogen-bond acceptors (Lipinski definition) is 6. The van der Waals surface area contributed by atoms with Gasteiger partial charge in [0, 0.05) is 31.0 Å². The van der Waals surface area contributed by atoms with Gasteiger partial charge in [-0.1, -0.05) is 44.5 Å². The molecule has 3 heterocycles. The Bertz CT molecular complexity index is 1330. The van der Waals surface area contributed by atoms with Crippen molar-refractivity contribution < 1.29 is 0 Å². The molecule has 0 aliphatic rings. The lowest BCUT2D eigenvalue weighted by molar-refractivity contribution is 0.145. The Morgan fingerprint density at radius 3 is 2.69 bits per heavy atom. The number of para-hydroxylation sites is 1. The van der Waals surface area contributed by atoms with Gasteiger partial charge in [0.1, 0.15) is 0 Å². The topological polar surface area (TPSA) is 92.6 Å². The van der Waals surface area contributed by atoms with Crippen molar-refractivity contribution in [2.24, 2.45) is 0 Å². The summed E-state index contributed by atoms with van der Waals surface area (Å²) in [6.45, 7) is 11.7. The lowest BCUT2D eigenvalue weighted by Gasteiger charge is -2.33. The van der Waals surface area contributed by atoms with Crippen LogP contribution in [0.4, 0.5) is 0 Å². The molecule has 0 saturated heterocycles. The molecule has 0 radical (unpaired) electrons. The van der Waals surface area contributed by atoms with E-state index in [0.29, 0.717) is 13.1 Å². The van der Waals surface area contributed by atoms with Crippen LogP contribution in [0.5, 0.6) is 0 Å². The Kier molecular flexibility index (Phi) is 7.40. The largest absolute Gasteiger partial charge is 0.321 e. The summed E-state index contributed by atoms with van der Waals surface area (Å²) in [5, 5.41) is 14.0. The van der Waals surface area contributed by atoms with Crippen LogP contribution in [-0.2, 0) is 18.6 Å². The van der Waals surface area contributed by atoms with Gasteiger partial charge in [-0.25, -0.2) is 4.68 Å². The van der Waals surface area contributed by atoms with E-state index >= 15 is 0 Å². The van der Waals surface area contributed by atoms with Gasteiger partial charge in [-0.2, -0.15) is 0 Å². The van der Waals surface area contributed by atoms with E-state index in [1.54, 1.807) is 6.20 Å². The smallest absolute Gasteiger partial charge is 0.252 e. The van der Waals surface area contributed by atoms with Crippen LogP contribution in [0.1, 0.15) is 75.5 Å². The summed E-state index contributed by atoms with van der Waals surface area (Å²) < 4.78 is 1.96. The first-order valence-corrected chi connectivity index (χ1v) is 12.4. The predicted octanol–water partition coefficient (Wildman–Crippen LogP) is 4.91. The second-order valence-corrected chi connectivity index (χ2v) is 9.85. The molecule has 184 valence electrons. The molecule has 8 heteroatoms. The number of tetrazole rings is 1. The first-order chi connectivity index (χ1) is 16.8. The van der Waals surface area contributed by atoms with E-state index in [1.807, 2.05) is 48.1 Å². The fraction of sp³-hybridized carbons (Fsp3) is 0.444. The zero-order chi connectivity index (χ0) is 25.0. The summed E-state index contributed by atoms with van der Waals surface area (Å²) in [4.78, 5) is 22.9. The van der Waals surface area contributed by atoms with Crippen molar-refractivity contribution in [3.63, 3.8) is 0 Å². The van der Waals surface area contributed by atoms with Gasteiger partial charge in [0.2, 0.25) is 0 Å². The third-order valence-electron chi connectivity index (χ3n) is 6.88. The van der Waals surface area contributed by atoms with Gasteiger partial charge in [-0.05, 0) is 72.7 Å². The molecule has 0 aliphatic carbocycles. The quantitative estimate of drug-likeness (QED) is 0.352. The monoisotopic (exact) mass is 473 g/mol. The minimum Gasteiger partial charge on any atom is -0.321 e. The maximum absolute atomic E-state index is 13.2. The maximum atomic E-state index is 13.2. The van der Waals surface area contributed by atoms with Crippen molar-refractivity contribution in [3.8, 4) is 0 Å². The number of pyridine rings is 2. The van der Waals surface area contributed by atoms with E-state index in [4.69, 9.17) is 0 Å². The van der Waals surface area contributed by atoms with Gasteiger partial charge in [0.25, 0.3) is 5.56 Å². The zero-order valence-electron chi connectivity index (χ0n) is 21.3. The van der Waals surface area contributed by atoms with Gasteiger partial charge < -0.3 is 4.98 Å². The van der Waals surface area contributed by atoms with Crippen LogP contribution in [0.3, 0.4) is 0 Å². The summed E-state index contributed by atoms with van der Waals surface area (Å²) in [7, 11) is 0. The molecule has 3 aromatic heterocycles. The van der Waals surface area contributed by atoms with Crippen LogP contribution in [0.2, 0.25) is 0 Å². The summed E-state index contributed by atoms with van der Waals surface area (Å²) in [6.07, 6.45) is 6.38. The van der Waals surface area contributed by atoms with Crippen LogP contribution in [0, 0.1) is 6.92 Å². The SMILES string of the molecule is CCCC(c1nnnn1C(C)(C)CC)N(Cc1cccnc1)Cc1cc2cccc(C)c2[nH]c1=O. The number of H-pyrrole nitrogens is 1. The molecule has 0 saturated carbocycles. The first kappa shape index (κ1) is 24.7. The van der Waals surface area contributed by atoms with Gasteiger partial charge >= 0.3 is 0 Å². The molecule has 1 N–H and O–H groups in total. The summed E-state index contributed by atoms with van der Waals surface area (Å²) in [5.41, 5.74) is 3.47.